The zero-order valence-corrected chi connectivity index (χ0v) is 11.3. The lowest BCUT2D eigenvalue weighted by Gasteiger charge is -2.27. The Kier molecular flexibility index (Phi) is 5.29. The van der Waals surface area contributed by atoms with E-state index in [4.69, 9.17) is 5.73 Å². The monoisotopic (exact) mass is 271 g/mol. The van der Waals surface area contributed by atoms with Gasteiger partial charge in [0.15, 0.2) is 0 Å². The molecule has 0 aliphatic carbocycles. The Morgan fingerprint density at radius 1 is 1.53 bits per heavy atom. The van der Waals surface area contributed by atoms with Crippen LogP contribution < -0.4 is 11.1 Å². The predicted octanol–water partition coefficient (Wildman–Crippen LogP) is -0.838. The van der Waals surface area contributed by atoms with E-state index in [9.17, 15) is 19.5 Å². The molecule has 0 radical (unpaired) electrons. The standard InChI is InChI=1S/C12H21N3O4/c1-7(2)10(12(18)19)15-6-4-8(11(15)17)14-9(16)3-5-13/h7-8,10H,3-6,13H2,1-2H3,(H,14,16)(H,18,19). The highest BCUT2D eigenvalue weighted by molar-refractivity contribution is 5.92. The highest BCUT2D eigenvalue weighted by Crippen LogP contribution is 2.20. The van der Waals surface area contributed by atoms with Crippen LogP contribution >= 0.6 is 0 Å². The summed E-state index contributed by atoms with van der Waals surface area (Å²) in [6.07, 6.45) is 0.599. The molecule has 7 heteroatoms. The Balaban J connectivity index is 2.69. The van der Waals surface area contributed by atoms with Crippen LogP contribution in [0.25, 0.3) is 0 Å². The average molecular weight is 271 g/mol. The van der Waals surface area contributed by atoms with Crippen molar-refractivity contribution >= 4 is 17.8 Å². The average Bonchev–Trinajstić information content (AvgIpc) is 2.61. The Bertz CT molecular complexity index is 370. The summed E-state index contributed by atoms with van der Waals surface area (Å²) >= 11 is 0. The van der Waals surface area contributed by atoms with E-state index in [0.29, 0.717) is 13.0 Å². The second-order valence-electron chi connectivity index (χ2n) is 5.01. The van der Waals surface area contributed by atoms with Crippen LogP contribution in [-0.4, -0.2) is 53.0 Å². The lowest BCUT2D eigenvalue weighted by Crippen LogP contribution is -2.49. The van der Waals surface area contributed by atoms with Crippen molar-refractivity contribution in [1.82, 2.24) is 10.2 Å². The highest BCUT2D eigenvalue weighted by Gasteiger charge is 2.40. The van der Waals surface area contributed by atoms with E-state index in [1.165, 1.54) is 4.90 Å². The number of aliphatic carboxylic acids is 1. The number of nitrogens with zero attached hydrogens (tertiary/aromatic N) is 1. The largest absolute Gasteiger partial charge is 0.480 e. The van der Waals surface area contributed by atoms with Gasteiger partial charge in [0.05, 0.1) is 0 Å². The fourth-order valence-corrected chi connectivity index (χ4v) is 2.29. The molecule has 1 saturated heterocycles. The summed E-state index contributed by atoms with van der Waals surface area (Å²) in [5.41, 5.74) is 5.26. The maximum atomic E-state index is 12.1. The lowest BCUT2D eigenvalue weighted by atomic mass is 10.0. The first-order valence-corrected chi connectivity index (χ1v) is 6.41. The SMILES string of the molecule is CC(C)C(C(=O)O)N1CCC(NC(=O)CCN)C1=O. The predicted molar refractivity (Wildman–Crippen MR) is 68.2 cm³/mol. The van der Waals surface area contributed by atoms with E-state index in [0.717, 1.165) is 0 Å². The van der Waals surface area contributed by atoms with E-state index in [2.05, 4.69) is 5.32 Å². The van der Waals surface area contributed by atoms with Crippen LogP contribution in [0.15, 0.2) is 0 Å². The molecule has 2 atom stereocenters. The molecule has 0 aromatic rings. The maximum absolute atomic E-state index is 12.1. The molecule has 0 bridgehead atoms. The minimum atomic E-state index is -1.02. The Hall–Kier alpha value is -1.63. The van der Waals surface area contributed by atoms with Crippen molar-refractivity contribution in [1.29, 1.82) is 0 Å². The Morgan fingerprint density at radius 3 is 2.63 bits per heavy atom. The van der Waals surface area contributed by atoms with Gasteiger partial charge in [-0.2, -0.15) is 0 Å². The number of carbonyl (C=O) groups excluding carboxylic acids is 2. The molecular formula is C12H21N3O4. The Morgan fingerprint density at radius 2 is 2.16 bits per heavy atom. The maximum Gasteiger partial charge on any atom is 0.326 e. The first kappa shape index (κ1) is 15.4. The number of hydrogen-bond acceptors (Lipinski definition) is 4. The van der Waals surface area contributed by atoms with Crippen molar-refractivity contribution < 1.29 is 19.5 Å². The number of carboxylic acid groups (broad SMARTS) is 1. The van der Waals surface area contributed by atoms with Crippen LogP contribution in [0.1, 0.15) is 26.7 Å². The molecule has 1 aliphatic rings. The molecule has 1 fully saturated rings. The molecule has 1 aliphatic heterocycles. The molecule has 0 saturated carbocycles. The molecule has 4 N–H and O–H groups in total. The van der Waals surface area contributed by atoms with Crippen molar-refractivity contribution in [3.05, 3.63) is 0 Å². The van der Waals surface area contributed by atoms with Crippen LogP contribution in [0, 0.1) is 5.92 Å². The first-order valence-electron chi connectivity index (χ1n) is 6.41. The topological polar surface area (TPSA) is 113 Å². The van der Waals surface area contributed by atoms with Gasteiger partial charge >= 0.3 is 5.97 Å². The molecule has 0 aromatic carbocycles. The number of carboxylic acids is 1. The zero-order chi connectivity index (χ0) is 14.6. The second-order valence-corrected chi connectivity index (χ2v) is 5.01. The lowest BCUT2D eigenvalue weighted by molar-refractivity contribution is -0.150. The Labute approximate surface area is 112 Å². The van der Waals surface area contributed by atoms with E-state index in [-0.39, 0.29) is 30.7 Å². The van der Waals surface area contributed by atoms with Gasteiger partial charge in [-0.25, -0.2) is 4.79 Å². The van der Waals surface area contributed by atoms with Crippen LogP contribution in [-0.2, 0) is 14.4 Å². The quantitative estimate of drug-likeness (QED) is 0.583. The molecule has 2 amide bonds. The number of nitrogens with one attached hydrogen (secondary N) is 1. The minimum Gasteiger partial charge on any atom is -0.480 e. The summed E-state index contributed by atoms with van der Waals surface area (Å²) in [4.78, 5) is 36.1. The van der Waals surface area contributed by atoms with Crippen molar-refractivity contribution in [3.63, 3.8) is 0 Å². The van der Waals surface area contributed by atoms with Gasteiger partial charge in [-0.1, -0.05) is 13.8 Å². The van der Waals surface area contributed by atoms with Crippen molar-refractivity contribution in [2.45, 2.75) is 38.8 Å². The minimum absolute atomic E-state index is 0.163. The second kappa shape index (κ2) is 6.51. The summed E-state index contributed by atoms with van der Waals surface area (Å²) in [7, 11) is 0. The molecule has 2 unspecified atom stereocenters. The number of rotatable bonds is 6. The number of nitrogens with two attached hydrogens (primary N) is 1. The molecule has 7 nitrogen and oxygen atoms in total. The zero-order valence-electron chi connectivity index (χ0n) is 11.3. The fraction of sp³-hybridized carbons (Fsp3) is 0.750. The summed E-state index contributed by atoms with van der Waals surface area (Å²) < 4.78 is 0. The van der Waals surface area contributed by atoms with Crippen LogP contribution in [0.2, 0.25) is 0 Å². The molecule has 19 heavy (non-hydrogen) atoms. The first-order chi connectivity index (χ1) is 8.88. The van der Waals surface area contributed by atoms with Crippen molar-refractivity contribution in [2.75, 3.05) is 13.1 Å². The van der Waals surface area contributed by atoms with Gasteiger partial charge in [0, 0.05) is 19.5 Å². The summed E-state index contributed by atoms with van der Waals surface area (Å²) in [6.45, 7) is 4.08. The van der Waals surface area contributed by atoms with Gasteiger partial charge in [-0.3, -0.25) is 9.59 Å². The van der Waals surface area contributed by atoms with E-state index in [1.54, 1.807) is 13.8 Å². The van der Waals surface area contributed by atoms with Gasteiger partial charge in [-0.05, 0) is 12.3 Å². The smallest absolute Gasteiger partial charge is 0.326 e. The van der Waals surface area contributed by atoms with E-state index >= 15 is 0 Å². The number of likely N-dealkylation sites (tertiary alicyclic amines) is 1. The number of amides is 2. The van der Waals surface area contributed by atoms with Crippen molar-refractivity contribution in [3.8, 4) is 0 Å². The van der Waals surface area contributed by atoms with Gasteiger partial charge in [0.2, 0.25) is 11.8 Å². The van der Waals surface area contributed by atoms with Gasteiger partial charge in [-0.15, -0.1) is 0 Å². The third-order valence-electron chi connectivity index (χ3n) is 3.17. The normalized spacial score (nSPS) is 20.7. The third-order valence-corrected chi connectivity index (χ3v) is 3.17. The molecule has 108 valence electrons. The molecule has 1 heterocycles. The highest BCUT2D eigenvalue weighted by atomic mass is 16.4. The molecule has 0 spiro atoms. The summed E-state index contributed by atoms with van der Waals surface area (Å²) in [6, 6.07) is -1.47. The molecule has 0 aromatic heterocycles. The molecular weight excluding hydrogens is 250 g/mol. The van der Waals surface area contributed by atoms with E-state index in [1.807, 2.05) is 0 Å². The summed E-state index contributed by atoms with van der Waals surface area (Å²) in [5, 5.41) is 11.8. The summed E-state index contributed by atoms with van der Waals surface area (Å²) in [5.74, 6) is -1.80. The van der Waals surface area contributed by atoms with Crippen molar-refractivity contribution in [2.24, 2.45) is 11.7 Å². The molecule has 1 rings (SSSR count). The van der Waals surface area contributed by atoms with Crippen LogP contribution in [0.3, 0.4) is 0 Å². The van der Waals surface area contributed by atoms with Crippen LogP contribution in [0.5, 0.6) is 0 Å². The van der Waals surface area contributed by atoms with Gasteiger partial charge in [0.25, 0.3) is 0 Å². The van der Waals surface area contributed by atoms with E-state index < -0.39 is 18.1 Å². The van der Waals surface area contributed by atoms with Gasteiger partial charge < -0.3 is 21.1 Å². The van der Waals surface area contributed by atoms with Gasteiger partial charge in [0.1, 0.15) is 12.1 Å². The van der Waals surface area contributed by atoms with Crippen LogP contribution in [0.4, 0.5) is 0 Å². The number of hydrogen-bond donors (Lipinski definition) is 3. The number of carbonyl (C=O) groups is 3. The third kappa shape index (κ3) is 3.66. The fourth-order valence-electron chi connectivity index (χ4n) is 2.29.